The molecule has 0 spiro atoms. The Labute approximate surface area is 190 Å². The fraction of sp³-hybridized carbons (Fsp3) is 0.773. The quantitative estimate of drug-likeness (QED) is 0.415. The molecule has 3 unspecified atom stereocenters. The van der Waals surface area contributed by atoms with Gasteiger partial charge < -0.3 is 26.6 Å². The highest BCUT2D eigenvalue weighted by Gasteiger charge is 2.47. The minimum absolute atomic E-state index is 0.0978. The molecule has 0 aliphatic carbocycles. The van der Waals surface area contributed by atoms with Crippen molar-refractivity contribution in [2.75, 3.05) is 13.1 Å². The Morgan fingerprint density at radius 3 is 2.03 bits per heavy atom. The zero-order valence-electron chi connectivity index (χ0n) is 20.5. The van der Waals surface area contributed by atoms with Gasteiger partial charge in [0.05, 0.1) is 6.54 Å². The van der Waals surface area contributed by atoms with Crippen LogP contribution in [0.2, 0.25) is 0 Å². The third kappa shape index (κ3) is 7.49. The predicted molar refractivity (Wildman–Crippen MR) is 120 cm³/mol. The number of hydrogen-bond acceptors (Lipinski definition) is 5. The van der Waals surface area contributed by atoms with E-state index in [1.54, 1.807) is 0 Å². The van der Waals surface area contributed by atoms with Gasteiger partial charge in [-0.05, 0) is 44.4 Å². The van der Waals surface area contributed by atoms with Gasteiger partial charge in [0.25, 0.3) is 5.91 Å². The Hall–Kier alpha value is -2.65. The number of nitrogens with zero attached hydrogens (tertiary/aromatic N) is 1. The standard InChI is InChI=1S/C22H39N5O5/c1-12(2)13-9-10-27(15(13)18(30)24-11-14(28)17(23)29)19(31)16(21(3,4)5)25-20(32)26-22(6,7)8/h12-13,15-16H,9-11H2,1-8H3,(H2,23,29)(H,24,30)(H2,25,26,32). The average Bonchev–Trinajstić information content (AvgIpc) is 3.06. The minimum atomic E-state index is -1.13. The van der Waals surface area contributed by atoms with Crippen molar-refractivity contribution in [1.29, 1.82) is 0 Å². The first-order valence-corrected chi connectivity index (χ1v) is 10.9. The van der Waals surface area contributed by atoms with Crippen molar-refractivity contribution in [3.8, 4) is 0 Å². The maximum Gasteiger partial charge on any atom is 0.315 e. The summed E-state index contributed by atoms with van der Waals surface area (Å²) in [4.78, 5) is 63.1. The van der Waals surface area contributed by atoms with Crippen LogP contribution in [0.3, 0.4) is 0 Å². The molecule has 0 aromatic carbocycles. The number of ketones is 1. The molecule has 1 aliphatic heterocycles. The van der Waals surface area contributed by atoms with E-state index in [2.05, 4.69) is 16.0 Å². The maximum atomic E-state index is 13.6. The monoisotopic (exact) mass is 453 g/mol. The van der Waals surface area contributed by atoms with E-state index in [1.807, 2.05) is 55.4 Å². The van der Waals surface area contributed by atoms with Gasteiger partial charge in [0, 0.05) is 12.1 Å². The topological polar surface area (TPSA) is 151 Å². The van der Waals surface area contributed by atoms with E-state index in [1.165, 1.54) is 4.90 Å². The van der Waals surface area contributed by atoms with Crippen LogP contribution in [0.15, 0.2) is 0 Å². The van der Waals surface area contributed by atoms with Gasteiger partial charge in [0.15, 0.2) is 0 Å². The molecule has 0 bridgehead atoms. The number of likely N-dealkylation sites (tertiary alicyclic amines) is 1. The summed E-state index contributed by atoms with van der Waals surface area (Å²) in [6.45, 7) is 14.8. The largest absolute Gasteiger partial charge is 0.363 e. The Bertz CT molecular complexity index is 751. The van der Waals surface area contributed by atoms with Crippen LogP contribution in [0.25, 0.3) is 0 Å². The molecule has 5 N–H and O–H groups in total. The van der Waals surface area contributed by atoms with Crippen LogP contribution in [-0.2, 0) is 19.2 Å². The molecular formula is C22H39N5O5. The molecule has 0 saturated carbocycles. The van der Waals surface area contributed by atoms with Crippen LogP contribution in [0.5, 0.6) is 0 Å². The molecule has 1 rings (SSSR count). The van der Waals surface area contributed by atoms with Crippen molar-refractivity contribution < 1.29 is 24.0 Å². The number of nitrogens with one attached hydrogen (secondary N) is 3. The van der Waals surface area contributed by atoms with Gasteiger partial charge in [-0.25, -0.2) is 4.79 Å². The number of urea groups is 1. The van der Waals surface area contributed by atoms with Crippen LogP contribution in [0.4, 0.5) is 4.79 Å². The number of hydrogen-bond donors (Lipinski definition) is 4. The number of carbonyl (C=O) groups excluding carboxylic acids is 5. The average molecular weight is 454 g/mol. The summed E-state index contributed by atoms with van der Waals surface area (Å²) in [5.41, 5.74) is 3.85. The third-order valence-electron chi connectivity index (χ3n) is 5.43. The molecule has 1 aliphatic rings. The van der Waals surface area contributed by atoms with Crippen molar-refractivity contribution in [1.82, 2.24) is 20.9 Å². The molecule has 0 aromatic rings. The Morgan fingerprint density at radius 2 is 1.59 bits per heavy atom. The molecule has 182 valence electrons. The van der Waals surface area contributed by atoms with Crippen LogP contribution >= 0.6 is 0 Å². The van der Waals surface area contributed by atoms with Crippen molar-refractivity contribution >= 4 is 29.5 Å². The smallest absolute Gasteiger partial charge is 0.315 e. The summed E-state index contributed by atoms with van der Waals surface area (Å²) < 4.78 is 0. The molecule has 1 saturated heterocycles. The summed E-state index contributed by atoms with van der Waals surface area (Å²) in [6, 6.07) is -2.17. The lowest BCUT2D eigenvalue weighted by molar-refractivity contribution is -0.143. The second-order valence-corrected chi connectivity index (χ2v) is 10.8. The molecule has 5 amide bonds. The summed E-state index contributed by atoms with van der Waals surface area (Å²) in [6.07, 6.45) is 0.607. The summed E-state index contributed by atoms with van der Waals surface area (Å²) in [5.74, 6) is -2.97. The fourth-order valence-electron chi connectivity index (χ4n) is 3.78. The first kappa shape index (κ1) is 27.4. The second kappa shape index (κ2) is 10.3. The SMILES string of the molecule is CC(C)C1CCN(C(=O)C(NC(=O)NC(C)(C)C)C(C)(C)C)C1C(=O)NCC(=O)C(N)=O. The van der Waals surface area contributed by atoms with E-state index in [4.69, 9.17) is 5.73 Å². The van der Waals surface area contributed by atoms with Gasteiger partial charge in [-0.1, -0.05) is 34.6 Å². The van der Waals surface area contributed by atoms with Gasteiger partial charge in [-0.15, -0.1) is 0 Å². The molecule has 3 atom stereocenters. The molecule has 32 heavy (non-hydrogen) atoms. The highest BCUT2D eigenvalue weighted by atomic mass is 16.2. The normalized spacial score (nSPS) is 20.0. The first-order chi connectivity index (χ1) is 14.5. The lowest BCUT2D eigenvalue weighted by atomic mass is 9.84. The number of primary amides is 1. The Morgan fingerprint density at radius 1 is 1.03 bits per heavy atom. The second-order valence-electron chi connectivity index (χ2n) is 10.8. The maximum absolute atomic E-state index is 13.6. The van der Waals surface area contributed by atoms with Gasteiger partial charge >= 0.3 is 6.03 Å². The van der Waals surface area contributed by atoms with E-state index < -0.39 is 53.2 Å². The first-order valence-electron chi connectivity index (χ1n) is 10.9. The van der Waals surface area contributed by atoms with E-state index in [-0.39, 0.29) is 17.7 Å². The van der Waals surface area contributed by atoms with Crippen LogP contribution < -0.4 is 21.7 Å². The number of nitrogens with two attached hydrogens (primary N) is 1. The van der Waals surface area contributed by atoms with Crippen LogP contribution in [-0.4, -0.2) is 65.1 Å². The molecule has 10 nitrogen and oxygen atoms in total. The van der Waals surface area contributed by atoms with Gasteiger partial charge in [-0.3, -0.25) is 19.2 Å². The zero-order valence-corrected chi connectivity index (χ0v) is 20.5. The van der Waals surface area contributed by atoms with E-state index in [0.29, 0.717) is 13.0 Å². The molecule has 0 aromatic heterocycles. The molecule has 0 radical (unpaired) electrons. The highest BCUT2D eigenvalue weighted by Crippen LogP contribution is 2.33. The lowest BCUT2D eigenvalue weighted by Gasteiger charge is -2.37. The highest BCUT2D eigenvalue weighted by molar-refractivity contribution is 6.36. The van der Waals surface area contributed by atoms with Gasteiger partial charge in [0.2, 0.25) is 17.6 Å². The Kier molecular flexibility index (Phi) is 8.82. The fourth-order valence-corrected chi connectivity index (χ4v) is 3.78. The number of carbonyl (C=O) groups is 5. The van der Waals surface area contributed by atoms with Gasteiger partial charge in [0.1, 0.15) is 12.1 Å². The molecule has 1 heterocycles. The van der Waals surface area contributed by atoms with Crippen LogP contribution in [0.1, 0.15) is 61.8 Å². The minimum Gasteiger partial charge on any atom is -0.363 e. The Balaban J connectivity index is 3.15. The number of Topliss-reactive ketones (excluding diaryl/α,β-unsaturated/α-hetero) is 1. The van der Waals surface area contributed by atoms with E-state index >= 15 is 0 Å². The summed E-state index contributed by atoms with van der Waals surface area (Å²) in [7, 11) is 0. The van der Waals surface area contributed by atoms with E-state index in [9.17, 15) is 24.0 Å². The summed E-state index contributed by atoms with van der Waals surface area (Å²) >= 11 is 0. The third-order valence-corrected chi connectivity index (χ3v) is 5.43. The van der Waals surface area contributed by atoms with Crippen molar-refractivity contribution in [3.63, 3.8) is 0 Å². The van der Waals surface area contributed by atoms with Crippen molar-refractivity contribution in [2.24, 2.45) is 23.0 Å². The van der Waals surface area contributed by atoms with Crippen LogP contribution in [0, 0.1) is 17.3 Å². The summed E-state index contributed by atoms with van der Waals surface area (Å²) in [5, 5.41) is 8.00. The van der Waals surface area contributed by atoms with Gasteiger partial charge in [-0.2, -0.15) is 0 Å². The number of rotatable bonds is 7. The predicted octanol–water partition coefficient (Wildman–Crippen LogP) is 0.543. The lowest BCUT2D eigenvalue weighted by Crippen LogP contribution is -2.61. The molecule has 1 fully saturated rings. The van der Waals surface area contributed by atoms with Crippen molar-refractivity contribution in [2.45, 2.75) is 79.4 Å². The number of amides is 5. The van der Waals surface area contributed by atoms with Crippen molar-refractivity contribution in [3.05, 3.63) is 0 Å². The zero-order chi connectivity index (χ0) is 25.0. The van der Waals surface area contributed by atoms with E-state index in [0.717, 1.165) is 0 Å². The molecular weight excluding hydrogens is 414 g/mol. The molecule has 10 heteroatoms.